The Morgan fingerprint density at radius 1 is 0.442 bits per heavy atom. The van der Waals surface area contributed by atoms with Crippen molar-refractivity contribution in [2.24, 2.45) is 5.92 Å². The van der Waals surface area contributed by atoms with Gasteiger partial charge in [-0.25, -0.2) is 0 Å². The molecule has 5 amide bonds. The van der Waals surface area contributed by atoms with Crippen molar-refractivity contribution in [3.05, 3.63) is 150 Å². The molecule has 5 N–H and O–H groups in total. The molecule has 0 saturated carbocycles. The Bertz CT molecular complexity index is 3790. The van der Waals surface area contributed by atoms with Gasteiger partial charge in [-0.2, -0.15) is 0 Å². The van der Waals surface area contributed by atoms with E-state index in [2.05, 4.69) is 87.2 Å². The van der Waals surface area contributed by atoms with E-state index in [0.717, 1.165) is 165 Å². The summed E-state index contributed by atoms with van der Waals surface area (Å²) in [6, 6.07) is 21.9. The maximum atomic E-state index is 11.9. The number of carbonyl (C=O) groups is 5. The summed E-state index contributed by atoms with van der Waals surface area (Å²) in [7, 11) is 0. The number of hydrogen-bond donors (Lipinski definition) is 5. The molecule has 95 heavy (non-hydrogen) atoms. The zero-order chi connectivity index (χ0) is 66.1. The predicted molar refractivity (Wildman–Crippen MR) is 372 cm³/mol. The van der Waals surface area contributed by atoms with E-state index in [0.29, 0.717) is 61.3 Å². The van der Waals surface area contributed by atoms with Gasteiger partial charge in [-0.15, -0.1) is 0 Å². The van der Waals surface area contributed by atoms with Gasteiger partial charge in [0.15, 0.2) is 0 Å². The molecule has 15 heteroatoms. The fourth-order valence-electron chi connectivity index (χ4n) is 17.2. The number of benzene rings is 5. The fraction of sp³-hybridized carbons (Fsp3) is 0.537. The molecule has 15 rings (SSSR count). The molecular formula is C80H101N5O10. The average Bonchev–Trinajstić information content (AvgIpc) is 1.60. The van der Waals surface area contributed by atoms with E-state index >= 15 is 0 Å². The Labute approximate surface area is 562 Å². The molecule has 0 bridgehead atoms. The zero-order valence-corrected chi connectivity index (χ0v) is 57.2. The number of carbonyl (C=O) groups excluding carboxylic acids is 5. The Morgan fingerprint density at radius 2 is 0.874 bits per heavy atom. The van der Waals surface area contributed by atoms with Gasteiger partial charge in [0.25, 0.3) is 0 Å². The van der Waals surface area contributed by atoms with Gasteiger partial charge < -0.3 is 49.9 Å². The first-order valence-electron chi connectivity index (χ1n) is 36.3. The SMILES string of the molecule is CC(=O)NCC[C@@H]1CCc2ccc3c(c21)CCO3.CC(C)C(=O)NCC[C@@H]1CCc2ccc3c(c21)CCO3.CCC(=O)NCC[C@@H]1CCc2cc(C3C[C@@H](CCNC(=O)CC)c4c3ccc3c4CCO3)c3c(c21)CCO3.CCC(=O)NCC[C@@H]1CCc2ccc3occc3c21. The van der Waals surface area contributed by atoms with Gasteiger partial charge in [0, 0.05) is 130 Å². The molecule has 506 valence electrons. The number of fused-ring (bicyclic) bond motifs is 15. The fourth-order valence-corrected chi connectivity index (χ4v) is 17.2. The predicted octanol–water partition coefficient (Wildman–Crippen LogP) is 13.4. The van der Waals surface area contributed by atoms with Crippen LogP contribution in [0.2, 0.25) is 0 Å². The Hall–Kier alpha value is -7.81. The number of amides is 5. The summed E-state index contributed by atoms with van der Waals surface area (Å²) >= 11 is 0. The topological polar surface area (TPSA) is 196 Å². The summed E-state index contributed by atoms with van der Waals surface area (Å²) in [6.45, 7) is 18.1. The summed E-state index contributed by atoms with van der Waals surface area (Å²) in [5.41, 5.74) is 22.8. The second kappa shape index (κ2) is 30.9. The van der Waals surface area contributed by atoms with Crippen molar-refractivity contribution in [3.8, 4) is 23.0 Å². The molecule has 6 aromatic rings. The van der Waals surface area contributed by atoms with Crippen LogP contribution in [0.4, 0.5) is 0 Å². The summed E-state index contributed by atoms with van der Waals surface area (Å²) in [5, 5.41) is 16.3. The van der Waals surface area contributed by atoms with E-state index < -0.39 is 0 Å². The molecule has 5 heterocycles. The molecule has 15 nitrogen and oxygen atoms in total. The molecule has 5 aliphatic carbocycles. The van der Waals surface area contributed by atoms with E-state index in [1.54, 1.807) is 13.2 Å². The first kappa shape index (κ1) is 67.2. The van der Waals surface area contributed by atoms with E-state index in [1.165, 1.54) is 121 Å². The normalized spacial score (nSPS) is 20.4. The highest BCUT2D eigenvalue weighted by Gasteiger charge is 2.41. The Kier molecular flexibility index (Phi) is 21.9. The van der Waals surface area contributed by atoms with E-state index in [1.807, 2.05) is 34.6 Å². The molecule has 1 unspecified atom stereocenters. The van der Waals surface area contributed by atoms with Gasteiger partial charge in [0.2, 0.25) is 29.5 Å². The maximum absolute atomic E-state index is 11.9. The van der Waals surface area contributed by atoms with Crippen molar-refractivity contribution >= 4 is 40.5 Å². The van der Waals surface area contributed by atoms with Crippen molar-refractivity contribution in [2.45, 2.75) is 212 Å². The third-order valence-electron chi connectivity index (χ3n) is 21.8. The number of aryl methyl sites for hydroxylation is 4. The van der Waals surface area contributed by atoms with Gasteiger partial charge in [-0.3, -0.25) is 24.0 Å². The lowest BCUT2D eigenvalue weighted by Gasteiger charge is -2.21. The summed E-state index contributed by atoms with van der Waals surface area (Å²) < 4.78 is 29.2. The molecule has 0 fully saturated rings. The zero-order valence-electron chi connectivity index (χ0n) is 57.2. The van der Waals surface area contributed by atoms with Crippen LogP contribution in [-0.2, 0) is 75.3 Å². The van der Waals surface area contributed by atoms with Gasteiger partial charge in [-0.05, 0) is 205 Å². The number of nitrogens with one attached hydrogen (secondary N) is 5. The van der Waals surface area contributed by atoms with E-state index in [-0.39, 0.29) is 35.5 Å². The summed E-state index contributed by atoms with van der Waals surface area (Å²) in [6.07, 6.45) is 22.9. The second-order valence-electron chi connectivity index (χ2n) is 27.9. The third kappa shape index (κ3) is 14.9. The smallest absolute Gasteiger partial charge is 0.222 e. The molecular weight excluding hydrogens is 1190 g/mol. The summed E-state index contributed by atoms with van der Waals surface area (Å²) in [5.74, 6) is 7.98. The molecule has 0 spiro atoms. The number of rotatable bonds is 20. The van der Waals surface area contributed by atoms with Crippen molar-refractivity contribution < 1.29 is 47.3 Å². The highest BCUT2D eigenvalue weighted by atomic mass is 16.5. The molecule has 5 aromatic carbocycles. The highest BCUT2D eigenvalue weighted by molar-refractivity contribution is 5.84. The van der Waals surface area contributed by atoms with E-state index in [4.69, 9.17) is 23.4 Å². The van der Waals surface area contributed by atoms with Crippen LogP contribution in [0.3, 0.4) is 0 Å². The largest absolute Gasteiger partial charge is 0.493 e. The minimum Gasteiger partial charge on any atom is -0.493 e. The second-order valence-corrected chi connectivity index (χ2v) is 27.9. The molecule has 4 aliphatic heterocycles. The van der Waals surface area contributed by atoms with Crippen LogP contribution >= 0.6 is 0 Å². The Morgan fingerprint density at radius 3 is 1.40 bits per heavy atom. The quantitative estimate of drug-likeness (QED) is 0.0491. The van der Waals surface area contributed by atoms with Crippen molar-refractivity contribution in [1.82, 2.24) is 26.6 Å². The number of furan rings is 1. The van der Waals surface area contributed by atoms with Crippen LogP contribution in [0.15, 0.2) is 71.3 Å². The standard InChI is InChI=1S/C32H40N2O4.C17H23NO2.C16H19NO2.C15H19NO2/c1-3-28(35)33-13-9-19-5-6-20-18-26(32-24(30(19)20)12-16-38-32)25-17-21(10-14-34-29(36)4-2)31-22(25)7-8-27-23(31)11-15-37-27;1-11(2)17(19)18-9-7-13-4-3-12-5-6-15-14(16(12)13)8-10-20-15;1-2-15(18)17-9-7-12-4-3-11-5-6-14-13(16(11)12)8-10-19-14;1-10(17)16-8-6-12-3-2-11-4-5-14-13(15(11)12)7-9-18-14/h7-8,18-19,21,25H,3-6,9-17H2,1-2H3,(H,33,35)(H,34,36);5-6,11,13H,3-4,7-10H2,1-2H3,(H,18,19);5-6,8,10,12H,2-4,7,9H2,1H3,(H,17,18);4-5,12H,2-3,6-9H2,1H3,(H,16,17)/t19-,21+,25?;13-;2*12-/m0000/s1. The van der Waals surface area contributed by atoms with Crippen LogP contribution in [0.1, 0.15) is 244 Å². The van der Waals surface area contributed by atoms with Crippen molar-refractivity contribution in [3.63, 3.8) is 0 Å². The Balaban J connectivity index is 0.000000129. The van der Waals surface area contributed by atoms with Gasteiger partial charge in [-0.1, -0.05) is 65.0 Å². The average molecular weight is 1290 g/mol. The number of hydrogen-bond acceptors (Lipinski definition) is 10. The lowest BCUT2D eigenvalue weighted by molar-refractivity contribution is -0.124. The third-order valence-corrected chi connectivity index (χ3v) is 21.8. The monoisotopic (exact) mass is 1290 g/mol. The van der Waals surface area contributed by atoms with Gasteiger partial charge in [0.1, 0.15) is 28.6 Å². The lowest BCUT2D eigenvalue weighted by atomic mass is 9.84. The van der Waals surface area contributed by atoms with Gasteiger partial charge >= 0.3 is 0 Å². The van der Waals surface area contributed by atoms with Crippen LogP contribution in [0.25, 0.3) is 11.0 Å². The minimum atomic E-state index is 0.0647. The first-order valence-corrected chi connectivity index (χ1v) is 36.3. The molecule has 9 aliphatic rings. The minimum absolute atomic E-state index is 0.0647. The molecule has 0 radical (unpaired) electrons. The summed E-state index contributed by atoms with van der Waals surface area (Å²) in [4.78, 5) is 57.5. The molecule has 1 aromatic heterocycles. The van der Waals surface area contributed by atoms with E-state index in [9.17, 15) is 24.0 Å². The van der Waals surface area contributed by atoms with Crippen LogP contribution in [0, 0.1) is 5.92 Å². The lowest BCUT2D eigenvalue weighted by Crippen LogP contribution is -2.29. The molecule has 0 saturated heterocycles. The van der Waals surface area contributed by atoms with Crippen molar-refractivity contribution in [2.75, 3.05) is 59.2 Å². The molecule has 6 atom stereocenters. The van der Waals surface area contributed by atoms with Gasteiger partial charge in [0.05, 0.1) is 32.7 Å². The van der Waals surface area contributed by atoms with Crippen molar-refractivity contribution in [1.29, 1.82) is 0 Å². The highest BCUT2D eigenvalue weighted by Crippen LogP contribution is 2.56. The van der Waals surface area contributed by atoms with Crippen LogP contribution in [-0.4, -0.2) is 88.7 Å². The first-order chi connectivity index (χ1) is 46.3. The maximum Gasteiger partial charge on any atom is 0.222 e. The van der Waals surface area contributed by atoms with Crippen LogP contribution < -0.4 is 45.5 Å². The van der Waals surface area contributed by atoms with Crippen LogP contribution in [0.5, 0.6) is 23.0 Å². The number of ether oxygens (including phenoxy) is 4.